The van der Waals surface area contributed by atoms with Gasteiger partial charge in [-0.3, -0.25) is 0 Å². The maximum Gasteiger partial charge on any atom is 0.176 e. The molecule has 17 heavy (non-hydrogen) atoms. The molecule has 2 aromatic carbocycles. The number of hydrogen-bond acceptors (Lipinski definition) is 3. The number of benzene rings is 2. The number of hydrogen-bond donors (Lipinski definition) is 2. The average molecular weight is 229 g/mol. The molecule has 0 spiro atoms. The Labute approximate surface area is 97.0 Å². The van der Waals surface area contributed by atoms with Crippen LogP contribution >= 0.6 is 0 Å². The first-order chi connectivity index (χ1) is 8.13. The molecule has 4 heteroatoms. The first-order valence-corrected chi connectivity index (χ1v) is 4.84. The SMILES string of the molecule is N#Cc1ccc(-c2ccc(F)cc2)c(O)c1O. The van der Waals surface area contributed by atoms with Gasteiger partial charge in [0.05, 0.1) is 5.56 Å². The van der Waals surface area contributed by atoms with E-state index in [9.17, 15) is 14.6 Å². The van der Waals surface area contributed by atoms with Gasteiger partial charge in [-0.15, -0.1) is 0 Å². The topological polar surface area (TPSA) is 64.2 Å². The van der Waals surface area contributed by atoms with E-state index in [2.05, 4.69) is 0 Å². The van der Waals surface area contributed by atoms with Crippen molar-refractivity contribution in [2.75, 3.05) is 0 Å². The maximum absolute atomic E-state index is 12.7. The molecule has 0 saturated heterocycles. The van der Waals surface area contributed by atoms with Crippen molar-refractivity contribution in [2.24, 2.45) is 0 Å². The van der Waals surface area contributed by atoms with Gasteiger partial charge in [-0.1, -0.05) is 12.1 Å². The zero-order valence-electron chi connectivity index (χ0n) is 8.68. The summed E-state index contributed by atoms with van der Waals surface area (Å²) in [7, 11) is 0. The Kier molecular flexibility index (Phi) is 2.67. The molecular formula is C13H8FNO2. The van der Waals surface area contributed by atoms with Crippen LogP contribution in [0.25, 0.3) is 11.1 Å². The van der Waals surface area contributed by atoms with E-state index in [-0.39, 0.29) is 17.1 Å². The predicted octanol–water partition coefficient (Wildman–Crippen LogP) is 2.78. The first-order valence-electron chi connectivity index (χ1n) is 4.84. The van der Waals surface area contributed by atoms with Crippen LogP contribution in [0, 0.1) is 17.1 Å². The highest BCUT2D eigenvalue weighted by Gasteiger charge is 2.12. The van der Waals surface area contributed by atoms with Gasteiger partial charge in [0.15, 0.2) is 11.5 Å². The van der Waals surface area contributed by atoms with E-state index in [0.717, 1.165) is 0 Å². The third-order valence-corrected chi connectivity index (χ3v) is 2.43. The third kappa shape index (κ3) is 1.91. The predicted molar refractivity (Wildman–Crippen MR) is 59.9 cm³/mol. The molecule has 0 aromatic heterocycles. The normalized spacial score (nSPS) is 9.88. The molecule has 2 rings (SSSR count). The lowest BCUT2D eigenvalue weighted by atomic mass is 10.0. The van der Waals surface area contributed by atoms with Gasteiger partial charge in [0.2, 0.25) is 0 Å². The highest BCUT2D eigenvalue weighted by atomic mass is 19.1. The van der Waals surface area contributed by atoms with E-state index in [1.165, 1.54) is 36.4 Å². The van der Waals surface area contributed by atoms with Crippen molar-refractivity contribution in [3.63, 3.8) is 0 Å². The Bertz CT molecular complexity index is 600. The summed E-state index contributed by atoms with van der Waals surface area (Å²) in [5, 5.41) is 28.0. The summed E-state index contributed by atoms with van der Waals surface area (Å²) in [6.45, 7) is 0. The molecule has 0 aliphatic heterocycles. The van der Waals surface area contributed by atoms with Crippen molar-refractivity contribution in [1.29, 1.82) is 5.26 Å². The van der Waals surface area contributed by atoms with E-state index >= 15 is 0 Å². The fourth-order valence-corrected chi connectivity index (χ4v) is 1.53. The Morgan fingerprint density at radius 3 is 2.18 bits per heavy atom. The van der Waals surface area contributed by atoms with Crippen LogP contribution in [0.15, 0.2) is 36.4 Å². The average Bonchev–Trinajstić information content (AvgIpc) is 2.34. The molecule has 84 valence electrons. The molecule has 0 amide bonds. The summed E-state index contributed by atoms with van der Waals surface area (Å²) in [5.41, 5.74) is 0.901. The lowest BCUT2D eigenvalue weighted by molar-refractivity contribution is 0.404. The van der Waals surface area contributed by atoms with Gasteiger partial charge >= 0.3 is 0 Å². The Balaban J connectivity index is 2.58. The number of rotatable bonds is 1. The van der Waals surface area contributed by atoms with E-state index in [1.54, 1.807) is 6.07 Å². The first kappa shape index (κ1) is 11.0. The van der Waals surface area contributed by atoms with Crippen molar-refractivity contribution in [3.05, 3.63) is 47.8 Å². The summed E-state index contributed by atoms with van der Waals surface area (Å²) in [5.74, 6) is -1.23. The van der Waals surface area contributed by atoms with Gasteiger partial charge in [-0.25, -0.2) is 4.39 Å². The van der Waals surface area contributed by atoms with Gasteiger partial charge in [0.1, 0.15) is 11.9 Å². The van der Waals surface area contributed by atoms with Crippen molar-refractivity contribution < 1.29 is 14.6 Å². The molecule has 0 saturated carbocycles. The van der Waals surface area contributed by atoms with Gasteiger partial charge in [0.25, 0.3) is 0 Å². The molecule has 0 heterocycles. The van der Waals surface area contributed by atoms with Gasteiger partial charge in [-0.2, -0.15) is 5.26 Å². The number of phenols is 2. The third-order valence-electron chi connectivity index (χ3n) is 2.43. The minimum atomic E-state index is -0.464. The largest absolute Gasteiger partial charge is 0.504 e. The van der Waals surface area contributed by atoms with Crippen molar-refractivity contribution in [3.8, 4) is 28.7 Å². The van der Waals surface area contributed by atoms with Crippen molar-refractivity contribution >= 4 is 0 Å². The number of halogens is 1. The van der Waals surface area contributed by atoms with Crippen LogP contribution in [-0.4, -0.2) is 10.2 Å². The molecule has 2 aromatic rings. The number of nitrogens with zero attached hydrogens (tertiary/aromatic N) is 1. The Hall–Kier alpha value is -2.54. The van der Waals surface area contributed by atoms with Crippen molar-refractivity contribution in [2.45, 2.75) is 0 Å². The zero-order valence-corrected chi connectivity index (χ0v) is 8.68. The molecule has 0 aliphatic carbocycles. The zero-order chi connectivity index (χ0) is 12.4. The van der Waals surface area contributed by atoms with E-state index < -0.39 is 5.75 Å². The minimum Gasteiger partial charge on any atom is -0.504 e. The molecule has 3 nitrogen and oxygen atoms in total. The summed E-state index contributed by atoms with van der Waals surface area (Å²) in [4.78, 5) is 0. The number of phenolic OH excluding ortho intramolecular Hbond substituents is 2. The lowest BCUT2D eigenvalue weighted by Gasteiger charge is -2.07. The maximum atomic E-state index is 12.7. The summed E-state index contributed by atoms with van der Waals surface area (Å²) in [6, 6.07) is 10.1. The molecule has 0 bridgehead atoms. The summed E-state index contributed by atoms with van der Waals surface area (Å²) >= 11 is 0. The summed E-state index contributed by atoms with van der Waals surface area (Å²) in [6.07, 6.45) is 0. The van der Waals surface area contributed by atoms with Crippen molar-refractivity contribution in [1.82, 2.24) is 0 Å². The van der Waals surface area contributed by atoms with Gasteiger partial charge < -0.3 is 10.2 Å². The van der Waals surface area contributed by atoms with Crippen LogP contribution in [0.4, 0.5) is 4.39 Å². The molecule has 0 unspecified atom stereocenters. The minimum absolute atomic E-state index is 0.00615. The second-order valence-electron chi connectivity index (χ2n) is 3.48. The molecule has 2 N–H and O–H groups in total. The highest BCUT2D eigenvalue weighted by Crippen LogP contribution is 2.38. The van der Waals surface area contributed by atoms with Gasteiger partial charge in [-0.05, 0) is 29.8 Å². The second kappa shape index (κ2) is 4.14. The molecule has 0 aliphatic rings. The highest BCUT2D eigenvalue weighted by molar-refractivity contribution is 5.75. The van der Waals surface area contributed by atoms with Crippen LogP contribution in [-0.2, 0) is 0 Å². The fraction of sp³-hybridized carbons (Fsp3) is 0. The molecule has 0 fully saturated rings. The molecular weight excluding hydrogens is 221 g/mol. The smallest absolute Gasteiger partial charge is 0.176 e. The number of aromatic hydroxyl groups is 2. The van der Waals surface area contributed by atoms with Crippen LogP contribution in [0.3, 0.4) is 0 Å². The second-order valence-corrected chi connectivity index (χ2v) is 3.48. The van der Waals surface area contributed by atoms with Crippen LogP contribution < -0.4 is 0 Å². The van der Waals surface area contributed by atoms with Crippen LogP contribution in [0.5, 0.6) is 11.5 Å². The van der Waals surface area contributed by atoms with Crippen LogP contribution in [0.2, 0.25) is 0 Å². The Morgan fingerprint density at radius 1 is 0.941 bits per heavy atom. The fourth-order valence-electron chi connectivity index (χ4n) is 1.53. The Morgan fingerprint density at radius 2 is 1.59 bits per heavy atom. The standard InChI is InChI=1S/C13H8FNO2/c14-10-4-1-8(2-5-10)11-6-3-9(7-15)12(16)13(11)17/h1-6,16-17H. The quantitative estimate of drug-likeness (QED) is 0.739. The van der Waals surface area contributed by atoms with E-state index in [1.807, 2.05) is 0 Å². The summed E-state index contributed by atoms with van der Waals surface area (Å²) < 4.78 is 12.7. The van der Waals surface area contributed by atoms with Crippen LogP contribution in [0.1, 0.15) is 5.56 Å². The monoisotopic (exact) mass is 229 g/mol. The number of nitriles is 1. The van der Waals surface area contributed by atoms with Gasteiger partial charge in [0, 0.05) is 5.56 Å². The molecule has 0 radical (unpaired) electrons. The molecule has 0 atom stereocenters. The van der Waals surface area contributed by atoms with E-state index in [4.69, 9.17) is 5.26 Å². The van der Waals surface area contributed by atoms with E-state index in [0.29, 0.717) is 11.1 Å². The lowest BCUT2D eigenvalue weighted by Crippen LogP contribution is -1.84.